The van der Waals surface area contributed by atoms with Crippen LogP contribution in [0.3, 0.4) is 0 Å². The van der Waals surface area contributed by atoms with Crippen LogP contribution in [0.4, 0.5) is 10.1 Å². The summed E-state index contributed by atoms with van der Waals surface area (Å²) >= 11 is 5.84. The Kier molecular flexibility index (Phi) is 4.70. The topological polar surface area (TPSA) is 52.9 Å². The van der Waals surface area contributed by atoms with Gasteiger partial charge in [0.25, 0.3) is 5.91 Å². The van der Waals surface area contributed by atoms with Crippen molar-refractivity contribution in [2.24, 2.45) is 0 Å². The molecule has 2 aromatic carbocycles. The molecule has 0 bridgehead atoms. The van der Waals surface area contributed by atoms with E-state index in [2.05, 4.69) is 5.32 Å². The van der Waals surface area contributed by atoms with Crippen molar-refractivity contribution in [1.82, 2.24) is 0 Å². The summed E-state index contributed by atoms with van der Waals surface area (Å²) in [6, 6.07) is 14.3. The predicted molar refractivity (Wildman–Crippen MR) is 80.1 cm³/mol. The summed E-state index contributed by atoms with van der Waals surface area (Å²) in [5, 5.41) is 11.9. The number of rotatable bonds is 3. The molecule has 0 atom stereocenters. The van der Waals surface area contributed by atoms with Crippen LogP contribution in [0.25, 0.3) is 6.08 Å². The number of hydrogen-bond donors (Lipinski definition) is 1. The highest BCUT2D eigenvalue weighted by Gasteiger charge is 2.11. The van der Waals surface area contributed by atoms with Crippen LogP contribution < -0.4 is 5.32 Å². The zero-order valence-corrected chi connectivity index (χ0v) is 11.6. The van der Waals surface area contributed by atoms with Crippen LogP contribution in [0.1, 0.15) is 5.56 Å². The van der Waals surface area contributed by atoms with Gasteiger partial charge in [-0.25, -0.2) is 4.39 Å². The third-order valence-corrected chi connectivity index (χ3v) is 2.88. The maximum atomic E-state index is 13.5. The normalized spacial score (nSPS) is 10.8. The van der Waals surface area contributed by atoms with Crippen molar-refractivity contribution in [2.45, 2.75) is 0 Å². The van der Waals surface area contributed by atoms with Crippen LogP contribution in [0, 0.1) is 17.1 Å². The predicted octanol–water partition coefficient (Wildman–Crippen LogP) is 4.02. The van der Waals surface area contributed by atoms with Crippen molar-refractivity contribution in [3.8, 4) is 6.07 Å². The molecule has 0 aromatic heterocycles. The van der Waals surface area contributed by atoms with E-state index < -0.39 is 11.7 Å². The lowest BCUT2D eigenvalue weighted by Crippen LogP contribution is -2.14. The smallest absolute Gasteiger partial charge is 0.266 e. The Morgan fingerprint density at radius 1 is 1.24 bits per heavy atom. The molecule has 0 saturated carbocycles. The first-order valence-corrected chi connectivity index (χ1v) is 6.41. The van der Waals surface area contributed by atoms with Gasteiger partial charge in [-0.3, -0.25) is 4.79 Å². The SMILES string of the molecule is N#C/C(=C\c1cccc(Cl)c1)C(=O)Nc1ccccc1F. The van der Waals surface area contributed by atoms with Gasteiger partial charge in [0.1, 0.15) is 17.5 Å². The Morgan fingerprint density at radius 3 is 2.67 bits per heavy atom. The summed E-state index contributed by atoms with van der Waals surface area (Å²) in [5.41, 5.74) is 0.498. The van der Waals surface area contributed by atoms with Crippen LogP contribution in [-0.2, 0) is 4.79 Å². The highest BCUT2D eigenvalue weighted by molar-refractivity contribution is 6.30. The molecular weight excluding hydrogens is 291 g/mol. The molecule has 0 spiro atoms. The van der Waals surface area contributed by atoms with Gasteiger partial charge < -0.3 is 5.32 Å². The number of para-hydroxylation sites is 1. The number of hydrogen-bond acceptors (Lipinski definition) is 2. The lowest BCUT2D eigenvalue weighted by atomic mass is 10.1. The van der Waals surface area contributed by atoms with E-state index in [9.17, 15) is 9.18 Å². The zero-order chi connectivity index (χ0) is 15.2. The average molecular weight is 301 g/mol. The molecule has 0 unspecified atom stereocenters. The average Bonchev–Trinajstić information content (AvgIpc) is 2.47. The van der Waals surface area contributed by atoms with E-state index in [1.54, 1.807) is 36.4 Å². The highest BCUT2D eigenvalue weighted by Crippen LogP contribution is 2.16. The second-order valence-corrected chi connectivity index (χ2v) is 4.60. The lowest BCUT2D eigenvalue weighted by molar-refractivity contribution is -0.112. The molecule has 21 heavy (non-hydrogen) atoms. The van der Waals surface area contributed by atoms with Crippen LogP contribution in [0.5, 0.6) is 0 Å². The molecule has 1 amide bonds. The number of nitrogens with one attached hydrogen (secondary N) is 1. The van der Waals surface area contributed by atoms with Crippen molar-refractivity contribution in [3.63, 3.8) is 0 Å². The first-order valence-electron chi connectivity index (χ1n) is 6.03. The van der Waals surface area contributed by atoms with E-state index in [1.165, 1.54) is 24.3 Å². The number of nitriles is 1. The summed E-state index contributed by atoms with van der Waals surface area (Å²) in [6.45, 7) is 0. The van der Waals surface area contributed by atoms with E-state index in [-0.39, 0.29) is 11.3 Å². The molecule has 0 aliphatic heterocycles. The monoisotopic (exact) mass is 300 g/mol. The van der Waals surface area contributed by atoms with Crippen LogP contribution in [0.15, 0.2) is 54.1 Å². The van der Waals surface area contributed by atoms with Crippen molar-refractivity contribution < 1.29 is 9.18 Å². The second kappa shape index (κ2) is 6.69. The van der Waals surface area contributed by atoms with Crippen LogP contribution in [-0.4, -0.2) is 5.91 Å². The third kappa shape index (κ3) is 3.91. The van der Waals surface area contributed by atoms with Crippen molar-refractivity contribution in [2.75, 3.05) is 5.32 Å². The van der Waals surface area contributed by atoms with Gasteiger partial charge in [-0.2, -0.15) is 5.26 Å². The minimum Gasteiger partial charge on any atom is -0.319 e. The lowest BCUT2D eigenvalue weighted by Gasteiger charge is -2.05. The Morgan fingerprint density at radius 2 is 2.00 bits per heavy atom. The summed E-state index contributed by atoms with van der Waals surface area (Å²) < 4.78 is 13.5. The fourth-order valence-corrected chi connectivity index (χ4v) is 1.86. The fourth-order valence-electron chi connectivity index (χ4n) is 1.66. The van der Waals surface area contributed by atoms with Gasteiger partial charge in [0.2, 0.25) is 0 Å². The summed E-state index contributed by atoms with van der Waals surface area (Å²) in [6.07, 6.45) is 1.39. The molecule has 0 fully saturated rings. The minimum atomic E-state index is -0.678. The van der Waals surface area contributed by atoms with E-state index >= 15 is 0 Å². The molecule has 0 aliphatic rings. The van der Waals surface area contributed by atoms with Crippen molar-refractivity contribution >= 4 is 29.3 Å². The molecule has 3 nitrogen and oxygen atoms in total. The number of amides is 1. The molecule has 2 rings (SSSR count). The summed E-state index contributed by atoms with van der Waals surface area (Å²) in [7, 11) is 0. The Balaban J connectivity index is 2.24. The quantitative estimate of drug-likeness (QED) is 0.687. The molecule has 0 radical (unpaired) electrons. The maximum Gasteiger partial charge on any atom is 0.266 e. The first-order chi connectivity index (χ1) is 10.1. The number of carbonyl (C=O) groups is 1. The first kappa shape index (κ1) is 14.8. The van der Waals surface area contributed by atoms with Crippen molar-refractivity contribution in [3.05, 3.63) is 70.5 Å². The summed E-state index contributed by atoms with van der Waals surface area (Å²) in [4.78, 5) is 12.0. The van der Waals surface area contributed by atoms with Crippen molar-refractivity contribution in [1.29, 1.82) is 5.26 Å². The number of anilines is 1. The molecule has 1 N–H and O–H groups in total. The minimum absolute atomic E-state index is 0.0229. The standard InChI is InChI=1S/C16H10ClFN2O/c17-13-5-3-4-11(9-13)8-12(10-19)16(21)20-15-7-2-1-6-14(15)18/h1-9H,(H,20,21)/b12-8+. The van der Waals surface area contributed by atoms with Gasteiger partial charge in [0, 0.05) is 5.02 Å². The maximum absolute atomic E-state index is 13.5. The zero-order valence-electron chi connectivity index (χ0n) is 10.8. The fraction of sp³-hybridized carbons (Fsp3) is 0. The molecule has 0 aliphatic carbocycles. The number of halogens is 2. The van der Waals surface area contributed by atoms with Gasteiger partial charge in [0.05, 0.1) is 5.69 Å². The second-order valence-electron chi connectivity index (χ2n) is 4.16. The van der Waals surface area contributed by atoms with E-state index in [1.807, 2.05) is 0 Å². The molecule has 0 heterocycles. The third-order valence-electron chi connectivity index (χ3n) is 2.65. The van der Waals surface area contributed by atoms with Crippen LogP contribution >= 0.6 is 11.6 Å². The number of nitrogens with zero attached hydrogens (tertiary/aromatic N) is 1. The van der Waals surface area contributed by atoms with Gasteiger partial charge >= 0.3 is 0 Å². The largest absolute Gasteiger partial charge is 0.319 e. The molecule has 5 heteroatoms. The van der Waals surface area contributed by atoms with Gasteiger partial charge in [-0.05, 0) is 35.9 Å². The van der Waals surface area contributed by atoms with Gasteiger partial charge in [-0.15, -0.1) is 0 Å². The van der Waals surface area contributed by atoms with Gasteiger partial charge in [0.15, 0.2) is 0 Å². The van der Waals surface area contributed by atoms with E-state index in [0.717, 1.165) is 0 Å². The highest BCUT2D eigenvalue weighted by atomic mass is 35.5. The summed E-state index contributed by atoms with van der Waals surface area (Å²) in [5.74, 6) is -1.24. The molecule has 104 valence electrons. The molecular formula is C16H10ClFN2O. The number of carbonyl (C=O) groups excluding carboxylic acids is 1. The molecule has 2 aromatic rings. The Labute approximate surface area is 126 Å². The van der Waals surface area contributed by atoms with Crippen LogP contribution in [0.2, 0.25) is 5.02 Å². The van der Waals surface area contributed by atoms with Gasteiger partial charge in [-0.1, -0.05) is 35.9 Å². The Bertz CT molecular complexity index is 750. The van der Waals surface area contributed by atoms with E-state index in [0.29, 0.717) is 10.6 Å². The Hall–Kier alpha value is -2.64. The molecule has 0 saturated heterocycles. The number of benzene rings is 2. The van der Waals surface area contributed by atoms with E-state index in [4.69, 9.17) is 16.9 Å².